The van der Waals surface area contributed by atoms with Crippen LogP contribution in [0.4, 0.5) is 20.6 Å². The summed E-state index contributed by atoms with van der Waals surface area (Å²) >= 11 is 0. The van der Waals surface area contributed by atoms with Crippen LogP contribution in [0.5, 0.6) is 0 Å². The number of carboxylic acid groups (broad SMARTS) is 1. The van der Waals surface area contributed by atoms with Crippen molar-refractivity contribution < 1.29 is 23.9 Å². The molecule has 0 saturated carbocycles. The summed E-state index contributed by atoms with van der Waals surface area (Å²) in [5.41, 5.74) is 3.10. The van der Waals surface area contributed by atoms with Crippen molar-refractivity contribution in [3.8, 4) is 11.1 Å². The van der Waals surface area contributed by atoms with E-state index in [1.54, 1.807) is 67.6 Å². The first-order valence-corrected chi connectivity index (χ1v) is 10.4. The summed E-state index contributed by atoms with van der Waals surface area (Å²) in [6, 6.07) is 17.3. The van der Waals surface area contributed by atoms with Gasteiger partial charge in [-0.3, -0.25) is 19.5 Å². The maximum Gasteiger partial charge on any atom is 0.324 e. The number of aliphatic carboxylic acids is 1. The molecule has 0 aromatic heterocycles. The van der Waals surface area contributed by atoms with Crippen molar-refractivity contribution in [2.45, 2.75) is 13.1 Å². The van der Waals surface area contributed by atoms with Crippen LogP contribution < -0.4 is 10.6 Å². The lowest BCUT2D eigenvalue weighted by atomic mass is 10.0. The number of benzodiazepines with no additional fused rings is 1. The van der Waals surface area contributed by atoms with Gasteiger partial charge in [-0.2, -0.15) is 0 Å². The number of hydrogen-bond donors (Lipinski definition) is 3. The van der Waals surface area contributed by atoms with Gasteiger partial charge in [0.2, 0.25) is 6.17 Å². The van der Waals surface area contributed by atoms with Crippen molar-refractivity contribution >= 4 is 35.5 Å². The van der Waals surface area contributed by atoms with Crippen LogP contribution in [0.15, 0.2) is 71.7 Å². The van der Waals surface area contributed by atoms with Crippen LogP contribution in [-0.2, 0) is 9.59 Å². The fourth-order valence-electron chi connectivity index (χ4n) is 3.68. The number of carboxylic acids is 1. The van der Waals surface area contributed by atoms with Crippen LogP contribution in [0.2, 0.25) is 0 Å². The smallest absolute Gasteiger partial charge is 0.324 e. The van der Waals surface area contributed by atoms with E-state index < -0.39 is 36.4 Å². The van der Waals surface area contributed by atoms with Gasteiger partial charge >= 0.3 is 12.0 Å². The van der Waals surface area contributed by atoms with Crippen molar-refractivity contribution in [1.82, 2.24) is 4.90 Å². The molecule has 1 heterocycles. The molecule has 1 aliphatic heterocycles. The van der Waals surface area contributed by atoms with Gasteiger partial charge in [-0.15, -0.1) is 0 Å². The summed E-state index contributed by atoms with van der Waals surface area (Å²) in [7, 11) is 0. The molecule has 34 heavy (non-hydrogen) atoms. The van der Waals surface area contributed by atoms with Gasteiger partial charge in [0.25, 0.3) is 5.91 Å². The largest absolute Gasteiger partial charge is 0.480 e. The summed E-state index contributed by atoms with van der Waals surface area (Å²) in [6.07, 6.45) is 0.0162. The highest BCUT2D eigenvalue weighted by Gasteiger charge is 2.32. The predicted molar refractivity (Wildman–Crippen MR) is 126 cm³/mol. The summed E-state index contributed by atoms with van der Waals surface area (Å²) in [4.78, 5) is 42.4. The predicted octanol–water partition coefficient (Wildman–Crippen LogP) is 4.12. The minimum atomic E-state index is -1.40. The second-order valence-corrected chi connectivity index (χ2v) is 7.75. The Hall–Kier alpha value is -4.53. The van der Waals surface area contributed by atoms with Gasteiger partial charge in [0, 0.05) is 28.7 Å². The lowest BCUT2D eigenvalue weighted by molar-refractivity contribution is -0.138. The highest BCUT2D eigenvalue weighted by Crippen LogP contribution is 2.27. The van der Waals surface area contributed by atoms with Gasteiger partial charge in [0.15, 0.2) is 0 Å². The van der Waals surface area contributed by atoms with E-state index in [4.69, 9.17) is 0 Å². The summed E-state index contributed by atoms with van der Waals surface area (Å²) < 4.78 is 14.3. The van der Waals surface area contributed by atoms with E-state index in [1.807, 2.05) is 0 Å². The quantitative estimate of drug-likeness (QED) is 0.532. The van der Waals surface area contributed by atoms with Crippen LogP contribution >= 0.6 is 0 Å². The number of para-hydroxylation sites is 1. The van der Waals surface area contributed by atoms with E-state index in [1.165, 1.54) is 12.3 Å². The molecule has 0 fully saturated rings. The van der Waals surface area contributed by atoms with Gasteiger partial charge in [-0.05, 0) is 42.3 Å². The molecule has 3 aromatic carbocycles. The number of urea groups is 1. The van der Waals surface area contributed by atoms with Crippen molar-refractivity contribution in [2.75, 3.05) is 17.2 Å². The molecule has 3 aromatic rings. The molecule has 3 amide bonds. The number of nitrogens with one attached hydrogen (secondary N) is 2. The first-order chi connectivity index (χ1) is 16.3. The van der Waals surface area contributed by atoms with E-state index in [2.05, 4.69) is 15.6 Å². The summed E-state index contributed by atoms with van der Waals surface area (Å²) in [5.74, 6) is -2.37. The number of benzene rings is 3. The molecule has 1 aliphatic rings. The van der Waals surface area contributed by atoms with Crippen molar-refractivity contribution in [2.24, 2.45) is 4.99 Å². The van der Waals surface area contributed by atoms with Gasteiger partial charge in [-0.25, -0.2) is 9.18 Å². The molecule has 172 valence electrons. The molecule has 0 bridgehead atoms. The fourth-order valence-corrected chi connectivity index (χ4v) is 3.68. The van der Waals surface area contributed by atoms with Crippen molar-refractivity contribution in [3.63, 3.8) is 0 Å². The summed E-state index contributed by atoms with van der Waals surface area (Å²) in [6.45, 7) is 1.03. The monoisotopic (exact) mass is 460 g/mol. The Labute approximate surface area is 194 Å². The number of nitrogens with zero attached hydrogens (tertiary/aromatic N) is 2. The zero-order valence-electron chi connectivity index (χ0n) is 18.2. The third-order valence-electron chi connectivity index (χ3n) is 5.18. The number of hydrogen-bond acceptors (Lipinski definition) is 4. The molecule has 1 unspecified atom stereocenters. The van der Waals surface area contributed by atoms with E-state index in [9.17, 15) is 23.9 Å². The zero-order valence-corrected chi connectivity index (χ0v) is 18.2. The van der Waals surface area contributed by atoms with Crippen LogP contribution in [-0.4, -0.2) is 46.8 Å². The Kier molecular flexibility index (Phi) is 6.35. The minimum absolute atomic E-state index is 0.319. The van der Waals surface area contributed by atoms with E-state index >= 15 is 0 Å². The van der Waals surface area contributed by atoms with E-state index in [-0.39, 0.29) is 0 Å². The average Bonchev–Trinajstić information content (AvgIpc) is 2.95. The lowest BCUT2D eigenvalue weighted by Crippen LogP contribution is -2.50. The van der Waals surface area contributed by atoms with Crippen LogP contribution in [0.1, 0.15) is 11.1 Å². The Morgan fingerprint density at radius 3 is 2.62 bits per heavy atom. The zero-order chi connectivity index (χ0) is 24.2. The standard InChI is InChI=1S/C25H21FN4O4/c1-15-10-17(19-7-3-4-8-20(19)26)12-18(11-15)28-25(34)30(14-22(31)32)23-24(33)29-21-9-5-2-6-16(21)13-27-23/h2-13,23H,14H2,1H3,(H,28,34)(H,29,33)(H,31,32). The van der Waals surface area contributed by atoms with Gasteiger partial charge in [0.05, 0.1) is 0 Å². The van der Waals surface area contributed by atoms with Gasteiger partial charge < -0.3 is 15.7 Å². The van der Waals surface area contributed by atoms with Crippen molar-refractivity contribution in [1.29, 1.82) is 0 Å². The Morgan fingerprint density at radius 1 is 1.12 bits per heavy atom. The highest BCUT2D eigenvalue weighted by atomic mass is 19.1. The lowest BCUT2D eigenvalue weighted by Gasteiger charge is -2.26. The number of amides is 3. The topological polar surface area (TPSA) is 111 Å². The Bertz CT molecular complexity index is 1310. The fraction of sp³-hybridized carbons (Fsp3) is 0.120. The third kappa shape index (κ3) is 4.93. The molecule has 0 aliphatic carbocycles. The normalized spacial score (nSPS) is 14.5. The third-order valence-corrected chi connectivity index (χ3v) is 5.18. The maximum atomic E-state index is 14.3. The minimum Gasteiger partial charge on any atom is -0.480 e. The molecule has 8 nitrogen and oxygen atoms in total. The molecule has 4 rings (SSSR count). The van der Waals surface area contributed by atoms with E-state index in [0.29, 0.717) is 28.1 Å². The molecule has 0 saturated heterocycles. The Balaban J connectivity index is 1.63. The molecular formula is C25H21FN4O4. The molecule has 9 heteroatoms. The first-order valence-electron chi connectivity index (χ1n) is 10.4. The van der Waals surface area contributed by atoms with E-state index in [0.717, 1.165) is 10.5 Å². The molecule has 1 atom stereocenters. The number of carbonyl (C=O) groups is 3. The molecule has 0 radical (unpaired) electrons. The number of halogens is 1. The number of aliphatic imine (C=N–C) groups is 1. The van der Waals surface area contributed by atoms with Crippen LogP contribution in [0, 0.1) is 12.7 Å². The first kappa shape index (κ1) is 22.7. The SMILES string of the molecule is Cc1cc(NC(=O)N(CC(=O)O)C2N=Cc3ccccc3NC2=O)cc(-c2ccccc2F)c1. The van der Waals surface area contributed by atoms with Crippen molar-refractivity contribution in [3.05, 3.63) is 83.7 Å². The van der Waals surface area contributed by atoms with Gasteiger partial charge in [-0.1, -0.05) is 42.5 Å². The second-order valence-electron chi connectivity index (χ2n) is 7.75. The van der Waals surface area contributed by atoms with Gasteiger partial charge in [0.1, 0.15) is 12.4 Å². The summed E-state index contributed by atoms with van der Waals surface area (Å²) in [5, 5.41) is 14.7. The average molecular weight is 460 g/mol. The number of anilines is 2. The highest BCUT2D eigenvalue weighted by molar-refractivity contribution is 6.05. The number of aryl methyl sites for hydroxylation is 1. The number of fused-ring (bicyclic) bond motifs is 1. The second kappa shape index (κ2) is 9.53. The molecule has 3 N–H and O–H groups in total. The maximum absolute atomic E-state index is 14.3. The Morgan fingerprint density at radius 2 is 1.85 bits per heavy atom. The van der Waals surface area contributed by atoms with Crippen LogP contribution in [0.3, 0.4) is 0 Å². The molecule has 0 spiro atoms. The van der Waals surface area contributed by atoms with Crippen LogP contribution in [0.25, 0.3) is 11.1 Å². The molecular weight excluding hydrogens is 439 g/mol. The number of rotatable bonds is 5. The number of carbonyl (C=O) groups excluding carboxylic acids is 2.